The molecule has 196 valence electrons. The van der Waals surface area contributed by atoms with Gasteiger partial charge in [-0.05, 0) is 29.7 Å². The van der Waals surface area contributed by atoms with Crippen LogP contribution in [0.2, 0.25) is 0 Å². The van der Waals surface area contributed by atoms with Crippen LogP contribution < -0.4 is 4.90 Å². The first-order valence-corrected chi connectivity index (χ1v) is 13.6. The normalized spacial score (nSPS) is 14.5. The van der Waals surface area contributed by atoms with Crippen LogP contribution >= 0.6 is 0 Å². The smallest absolute Gasteiger partial charge is 0.230 e. The number of nitrogens with zero attached hydrogens (tertiary/aromatic N) is 6. The summed E-state index contributed by atoms with van der Waals surface area (Å²) in [6.07, 6.45) is 3.29. The molecule has 0 saturated carbocycles. The number of para-hydroxylation sites is 1. The summed E-state index contributed by atoms with van der Waals surface area (Å²) in [6, 6.07) is 30.5. The lowest BCUT2D eigenvalue weighted by molar-refractivity contribution is -0.133. The van der Waals surface area contributed by atoms with E-state index in [4.69, 9.17) is 15.1 Å². The fourth-order valence-corrected chi connectivity index (χ4v) is 5.39. The first kappa shape index (κ1) is 24.8. The van der Waals surface area contributed by atoms with Crippen molar-refractivity contribution in [2.24, 2.45) is 0 Å². The van der Waals surface area contributed by atoms with Crippen molar-refractivity contribution >= 4 is 22.8 Å². The highest BCUT2D eigenvalue weighted by atomic mass is 16.2. The van der Waals surface area contributed by atoms with Crippen molar-refractivity contribution in [3.8, 4) is 5.69 Å². The van der Waals surface area contributed by atoms with Crippen molar-refractivity contribution < 1.29 is 4.79 Å². The number of fused-ring (bicyclic) bond motifs is 1. The number of amides is 1. The predicted molar refractivity (Wildman–Crippen MR) is 154 cm³/mol. The van der Waals surface area contributed by atoms with E-state index in [2.05, 4.69) is 36.1 Å². The SMILES string of the molecule is CC[C@H](C(=O)N1CCN(c2nc(Cc3ccccc3)nc3c2cnn3-c2ccccc2)CC1)c1ccccc1. The van der Waals surface area contributed by atoms with Crippen LogP contribution in [0.3, 0.4) is 0 Å². The molecule has 1 aliphatic rings. The maximum Gasteiger partial charge on any atom is 0.230 e. The standard InChI is InChI=1S/C32H32N6O/c1-2-27(25-14-8-4-9-15-25)32(39)37-20-18-36(19-21-37)30-28-23-33-38(26-16-10-5-11-17-26)31(28)35-29(34-30)22-24-12-6-3-7-13-24/h3-17,23,27H,2,18-22H2,1H3/t27-/m0/s1. The second-order valence-corrected chi connectivity index (χ2v) is 9.94. The van der Waals surface area contributed by atoms with Crippen molar-refractivity contribution in [2.45, 2.75) is 25.7 Å². The van der Waals surface area contributed by atoms with Gasteiger partial charge in [0.05, 0.1) is 23.2 Å². The lowest BCUT2D eigenvalue weighted by atomic mass is 9.95. The van der Waals surface area contributed by atoms with Crippen molar-refractivity contribution in [3.63, 3.8) is 0 Å². The molecular weight excluding hydrogens is 484 g/mol. The van der Waals surface area contributed by atoms with Crippen LogP contribution in [-0.4, -0.2) is 56.7 Å². The monoisotopic (exact) mass is 516 g/mol. The number of carbonyl (C=O) groups excluding carboxylic acids is 1. The molecule has 1 fully saturated rings. The van der Waals surface area contributed by atoms with Gasteiger partial charge in [-0.1, -0.05) is 85.8 Å². The Morgan fingerprint density at radius 1 is 0.821 bits per heavy atom. The first-order chi connectivity index (χ1) is 19.2. The molecule has 1 aliphatic heterocycles. The Bertz CT molecular complexity index is 1540. The van der Waals surface area contributed by atoms with Gasteiger partial charge in [-0.2, -0.15) is 5.10 Å². The van der Waals surface area contributed by atoms with E-state index in [1.807, 2.05) is 82.5 Å². The molecule has 7 nitrogen and oxygen atoms in total. The van der Waals surface area contributed by atoms with E-state index in [1.165, 1.54) is 0 Å². The fraction of sp³-hybridized carbons (Fsp3) is 0.250. The van der Waals surface area contributed by atoms with Crippen LogP contribution in [0.25, 0.3) is 16.7 Å². The molecule has 1 saturated heterocycles. The van der Waals surface area contributed by atoms with Crippen LogP contribution in [0.4, 0.5) is 5.82 Å². The van der Waals surface area contributed by atoms with Gasteiger partial charge in [-0.15, -0.1) is 0 Å². The quantitative estimate of drug-likeness (QED) is 0.296. The second kappa shape index (κ2) is 11.1. The third kappa shape index (κ3) is 5.12. The Labute approximate surface area is 228 Å². The van der Waals surface area contributed by atoms with E-state index >= 15 is 0 Å². The second-order valence-electron chi connectivity index (χ2n) is 9.94. The summed E-state index contributed by atoms with van der Waals surface area (Å²) >= 11 is 0. The summed E-state index contributed by atoms with van der Waals surface area (Å²) in [6.45, 7) is 4.83. The van der Waals surface area contributed by atoms with Gasteiger partial charge in [0.1, 0.15) is 11.6 Å². The maximum atomic E-state index is 13.5. The average Bonchev–Trinajstić information content (AvgIpc) is 3.43. The van der Waals surface area contributed by atoms with E-state index in [-0.39, 0.29) is 11.8 Å². The minimum Gasteiger partial charge on any atom is -0.352 e. The predicted octanol–water partition coefficient (Wildman–Crippen LogP) is 5.25. The van der Waals surface area contributed by atoms with Gasteiger partial charge in [0.25, 0.3) is 0 Å². The third-order valence-corrected chi connectivity index (χ3v) is 7.46. The molecule has 0 spiro atoms. The number of aromatic nitrogens is 4. The largest absolute Gasteiger partial charge is 0.352 e. The molecule has 0 radical (unpaired) electrons. The van der Waals surface area contributed by atoms with E-state index in [0.717, 1.165) is 45.9 Å². The van der Waals surface area contributed by atoms with Gasteiger partial charge in [0, 0.05) is 32.6 Å². The minimum absolute atomic E-state index is 0.106. The third-order valence-electron chi connectivity index (χ3n) is 7.46. The molecule has 7 heteroatoms. The number of piperazine rings is 1. The number of benzene rings is 3. The van der Waals surface area contributed by atoms with E-state index in [9.17, 15) is 4.79 Å². The Morgan fingerprint density at radius 2 is 1.46 bits per heavy atom. The number of hydrogen-bond acceptors (Lipinski definition) is 5. The molecule has 0 aliphatic carbocycles. The van der Waals surface area contributed by atoms with Crippen LogP contribution in [0.15, 0.2) is 97.2 Å². The summed E-state index contributed by atoms with van der Waals surface area (Å²) < 4.78 is 1.89. The summed E-state index contributed by atoms with van der Waals surface area (Å²) in [5, 5.41) is 5.63. The van der Waals surface area contributed by atoms with Crippen molar-refractivity contribution in [1.82, 2.24) is 24.6 Å². The number of hydrogen-bond donors (Lipinski definition) is 0. The highest BCUT2D eigenvalue weighted by molar-refractivity contribution is 5.88. The van der Waals surface area contributed by atoms with Gasteiger partial charge in [-0.3, -0.25) is 4.79 Å². The van der Waals surface area contributed by atoms with Gasteiger partial charge in [-0.25, -0.2) is 14.6 Å². The van der Waals surface area contributed by atoms with E-state index in [1.54, 1.807) is 0 Å². The summed E-state index contributed by atoms with van der Waals surface area (Å²) in [7, 11) is 0. The highest BCUT2D eigenvalue weighted by Crippen LogP contribution is 2.29. The van der Waals surface area contributed by atoms with Gasteiger partial charge >= 0.3 is 0 Å². The zero-order chi connectivity index (χ0) is 26.6. The molecule has 3 heterocycles. The molecule has 0 unspecified atom stereocenters. The fourth-order valence-electron chi connectivity index (χ4n) is 5.39. The summed E-state index contributed by atoms with van der Waals surface area (Å²) in [5.41, 5.74) is 4.01. The van der Waals surface area contributed by atoms with Gasteiger partial charge in [0.15, 0.2) is 5.65 Å². The molecule has 39 heavy (non-hydrogen) atoms. The highest BCUT2D eigenvalue weighted by Gasteiger charge is 2.29. The van der Waals surface area contributed by atoms with Gasteiger partial charge < -0.3 is 9.80 Å². The average molecular weight is 517 g/mol. The maximum absolute atomic E-state index is 13.5. The zero-order valence-electron chi connectivity index (χ0n) is 22.1. The van der Waals surface area contributed by atoms with Crippen LogP contribution in [0.1, 0.15) is 36.2 Å². The molecule has 0 N–H and O–H groups in total. The lowest BCUT2D eigenvalue weighted by Gasteiger charge is -2.37. The van der Waals surface area contributed by atoms with Crippen LogP contribution in [0.5, 0.6) is 0 Å². The van der Waals surface area contributed by atoms with E-state index in [0.29, 0.717) is 32.6 Å². The molecule has 3 aromatic carbocycles. The molecule has 1 atom stereocenters. The van der Waals surface area contributed by atoms with Crippen molar-refractivity contribution in [1.29, 1.82) is 0 Å². The Morgan fingerprint density at radius 3 is 2.13 bits per heavy atom. The van der Waals surface area contributed by atoms with Gasteiger partial charge in [0.2, 0.25) is 5.91 Å². The number of carbonyl (C=O) groups is 1. The first-order valence-electron chi connectivity index (χ1n) is 13.6. The van der Waals surface area contributed by atoms with Crippen molar-refractivity contribution in [3.05, 3.63) is 114 Å². The summed E-state index contributed by atoms with van der Waals surface area (Å²) in [5.74, 6) is 1.74. The Hall–Kier alpha value is -4.52. The molecular formula is C32H32N6O. The van der Waals surface area contributed by atoms with Crippen LogP contribution in [0, 0.1) is 0 Å². The molecule has 5 aromatic rings. The van der Waals surface area contributed by atoms with Crippen LogP contribution in [-0.2, 0) is 11.2 Å². The molecule has 6 rings (SSSR count). The molecule has 2 aromatic heterocycles. The Balaban J connectivity index is 1.29. The van der Waals surface area contributed by atoms with Crippen molar-refractivity contribution in [2.75, 3.05) is 31.1 Å². The summed E-state index contributed by atoms with van der Waals surface area (Å²) in [4.78, 5) is 27.8. The topological polar surface area (TPSA) is 67.2 Å². The molecule has 1 amide bonds. The minimum atomic E-state index is -0.106. The number of rotatable bonds is 7. The number of anilines is 1. The Kier molecular flexibility index (Phi) is 7.04. The van der Waals surface area contributed by atoms with E-state index < -0.39 is 0 Å². The molecule has 0 bridgehead atoms. The lowest BCUT2D eigenvalue weighted by Crippen LogP contribution is -2.50. The zero-order valence-corrected chi connectivity index (χ0v) is 22.1.